The van der Waals surface area contributed by atoms with Crippen molar-refractivity contribution in [1.82, 2.24) is 10.3 Å². The van der Waals surface area contributed by atoms with Crippen LogP contribution < -0.4 is 15.0 Å². The fourth-order valence-electron chi connectivity index (χ4n) is 3.08. The number of hydrogen-bond donors (Lipinski definition) is 1. The number of ether oxygens (including phenoxy) is 2. The molecule has 0 saturated carbocycles. The number of methoxy groups -OCH3 is 1. The highest BCUT2D eigenvalue weighted by molar-refractivity contribution is 5.70. The Morgan fingerprint density at radius 2 is 2.24 bits per heavy atom. The van der Waals surface area contributed by atoms with Crippen molar-refractivity contribution < 1.29 is 14.3 Å². The molecule has 1 amide bonds. The molecule has 2 fully saturated rings. The van der Waals surface area contributed by atoms with Crippen LogP contribution in [0.5, 0.6) is 5.75 Å². The van der Waals surface area contributed by atoms with Gasteiger partial charge in [0.15, 0.2) is 11.6 Å². The van der Waals surface area contributed by atoms with E-state index >= 15 is 0 Å². The lowest BCUT2D eigenvalue weighted by molar-refractivity contribution is 0.0473. The first kappa shape index (κ1) is 14.0. The van der Waals surface area contributed by atoms with Gasteiger partial charge in [-0.3, -0.25) is 0 Å². The molecule has 2 saturated heterocycles. The summed E-state index contributed by atoms with van der Waals surface area (Å²) >= 11 is 0. The smallest absolute Gasteiger partial charge is 0.407 e. The molecule has 114 valence electrons. The number of alkyl carbamates (subject to hydrolysis) is 1. The summed E-state index contributed by atoms with van der Waals surface area (Å²) < 4.78 is 10.9. The van der Waals surface area contributed by atoms with E-state index in [0.717, 1.165) is 49.6 Å². The van der Waals surface area contributed by atoms with E-state index in [1.165, 1.54) is 0 Å². The minimum atomic E-state index is -0.344. The molecule has 6 nitrogen and oxygen atoms in total. The highest BCUT2D eigenvalue weighted by atomic mass is 16.6. The second-order valence-corrected chi connectivity index (χ2v) is 5.75. The second-order valence-electron chi connectivity index (χ2n) is 5.75. The maximum Gasteiger partial charge on any atom is 0.407 e. The first-order valence-electron chi connectivity index (χ1n) is 7.35. The summed E-state index contributed by atoms with van der Waals surface area (Å²) in [4.78, 5) is 18.2. The topological polar surface area (TPSA) is 63.7 Å². The van der Waals surface area contributed by atoms with Crippen LogP contribution in [0.25, 0.3) is 0 Å². The van der Waals surface area contributed by atoms with E-state index in [1.807, 2.05) is 19.1 Å². The predicted molar refractivity (Wildman–Crippen MR) is 78.8 cm³/mol. The Balaban J connectivity index is 1.79. The normalized spacial score (nSPS) is 25.4. The SMILES string of the molecule is COc1ccc(C)nc1N1CCCC2(CC1)CNC(=O)O2. The Hall–Kier alpha value is -1.98. The molecule has 1 unspecified atom stereocenters. The number of aromatic nitrogens is 1. The standard InChI is InChI=1S/C15H21N3O3/c1-11-4-5-12(20-2)13(17-11)18-8-3-6-15(7-9-18)10-16-14(19)21-15/h4-5H,3,6-10H2,1-2H3,(H,16,19). The van der Waals surface area contributed by atoms with Gasteiger partial charge in [-0.1, -0.05) is 0 Å². The monoisotopic (exact) mass is 291 g/mol. The maximum atomic E-state index is 11.3. The number of nitrogens with one attached hydrogen (secondary N) is 1. The zero-order valence-electron chi connectivity index (χ0n) is 12.5. The lowest BCUT2D eigenvalue weighted by atomic mass is 9.95. The Morgan fingerprint density at radius 1 is 1.38 bits per heavy atom. The second kappa shape index (κ2) is 5.42. The van der Waals surface area contributed by atoms with Crippen LogP contribution in [0.15, 0.2) is 12.1 Å². The van der Waals surface area contributed by atoms with Crippen LogP contribution in [0, 0.1) is 6.92 Å². The lowest BCUT2D eigenvalue weighted by Crippen LogP contribution is -2.35. The van der Waals surface area contributed by atoms with Crippen molar-refractivity contribution in [2.24, 2.45) is 0 Å². The lowest BCUT2D eigenvalue weighted by Gasteiger charge is -2.26. The number of rotatable bonds is 2. The van der Waals surface area contributed by atoms with Crippen LogP contribution >= 0.6 is 0 Å². The predicted octanol–water partition coefficient (Wildman–Crippen LogP) is 1.87. The Morgan fingerprint density at radius 3 is 2.95 bits per heavy atom. The average molecular weight is 291 g/mol. The van der Waals surface area contributed by atoms with Crippen molar-refractivity contribution >= 4 is 11.9 Å². The van der Waals surface area contributed by atoms with Crippen LogP contribution in [0.1, 0.15) is 25.0 Å². The van der Waals surface area contributed by atoms with Gasteiger partial charge in [0.25, 0.3) is 0 Å². The van der Waals surface area contributed by atoms with Gasteiger partial charge in [-0.15, -0.1) is 0 Å². The molecule has 0 radical (unpaired) electrons. The molecular formula is C15H21N3O3. The molecule has 1 aromatic rings. The third-order valence-electron chi connectivity index (χ3n) is 4.26. The van der Waals surface area contributed by atoms with E-state index in [4.69, 9.17) is 9.47 Å². The first-order chi connectivity index (χ1) is 10.1. The van der Waals surface area contributed by atoms with Gasteiger partial charge < -0.3 is 19.7 Å². The Bertz CT molecular complexity index is 549. The van der Waals surface area contributed by atoms with Crippen molar-refractivity contribution in [3.63, 3.8) is 0 Å². The number of pyridine rings is 1. The van der Waals surface area contributed by atoms with Crippen molar-refractivity contribution in [2.45, 2.75) is 31.8 Å². The molecule has 0 aliphatic carbocycles. The third-order valence-corrected chi connectivity index (χ3v) is 4.26. The quantitative estimate of drug-likeness (QED) is 0.901. The van der Waals surface area contributed by atoms with E-state index in [2.05, 4.69) is 15.2 Å². The Labute approximate surface area is 124 Å². The van der Waals surface area contributed by atoms with Gasteiger partial charge in [0.1, 0.15) is 5.60 Å². The summed E-state index contributed by atoms with van der Waals surface area (Å²) in [7, 11) is 1.66. The molecule has 3 rings (SSSR count). The van der Waals surface area contributed by atoms with E-state index < -0.39 is 0 Å². The fourth-order valence-corrected chi connectivity index (χ4v) is 3.08. The minimum Gasteiger partial charge on any atom is -0.493 e. The van der Waals surface area contributed by atoms with Gasteiger partial charge >= 0.3 is 6.09 Å². The molecule has 1 spiro atoms. The van der Waals surface area contributed by atoms with E-state index in [9.17, 15) is 4.79 Å². The largest absolute Gasteiger partial charge is 0.493 e. The molecule has 0 aromatic carbocycles. The molecule has 1 aromatic heterocycles. The van der Waals surface area contributed by atoms with Gasteiger partial charge in [0, 0.05) is 25.2 Å². The first-order valence-corrected chi connectivity index (χ1v) is 7.35. The van der Waals surface area contributed by atoms with Crippen LogP contribution in [0.3, 0.4) is 0 Å². The number of amides is 1. The number of nitrogens with zero attached hydrogens (tertiary/aromatic N) is 2. The van der Waals surface area contributed by atoms with Crippen molar-refractivity contribution in [2.75, 3.05) is 31.6 Å². The van der Waals surface area contributed by atoms with Crippen molar-refractivity contribution in [1.29, 1.82) is 0 Å². The number of aryl methyl sites for hydroxylation is 1. The molecule has 2 aliphatic rings. The van der Waals surface area contributed by atoms with Crippen LogP contribution in [0.4, 0.5) is 10.6 Å². The van der Waals surface area contributed by atoms with Gasteiger partial charge in [-0.2, -0.15) is 0 Å². The summed E-state index contributed by atoms with van der Waals surface area (Å²) in [6, 6.07) is 3.90. The Kier molecular flexibility index (Phi) is 3.61. The molecule has 0 bridgehead atoms. The molecular weight excluding hydrogens is 270 g/mol. The van der Waals surface area contributed by atoms with Crippen molar-refractivity contribution in [3.05, 3.63) is 17.8 Å². The molecule has 6 heteroatoms. The van der Waals surface area contributed by atoms with Gasteiger partial charge in [0.2, 0.25) is 0 Å². The summed E-state index contributed by atoms with van der Waals surface area (Å²) in [6.45, 7) is 4.29. The van der Waals surface area contributed by atoms with E-state index in [1.54, 1.807) is 7.11 Å². The molecule has 2 aliphatic heterocycles. The number of carbonyl (C=O) groups excluding carboxylic acids is 1. The van der Waals surface area contributed by atoms with Gasteiger partial charge in [-0.05, 0) is 31.9 Å². The van der Waals surface area contributed by atoms with Crippen LogP contribution in [0.2, 0.25) is 0 Å². The van der Waals surface area contributed by atoms with Crippen LogP contribution in [-0.4, -0.2) is 43.4 Å². The fraction of sp³-hybridized carbons (Fsp3) is 0.600. The van der Waals surface area contributed by atoms with E-state index in [-0.39, 0.29) is 11.7 Å². The summed E-state index contributed by atoms with van der Waals surface area (Å²) in [5.41, 5.74) is 0.627. The van der Waals surface area contributed by atoms with Gasteiger partial charge in [0.05, 0.1) is 13.7 Å². The van der Waals surface area contributed by atoms with E-state index in [0.29, 0.717) is 6.54 Å². The van der Waals surface area contributed by atoms with Crippen molar-refractivity contribution in [3.8, 4) is 5.75 Å². The summed E-state index contributed by atoms with van der Waals surface area (Å²) in [5, 5.41) is 2.77. The molecule has 1 N–H and O–H groups in total. The molecule has 21 heavy (non-hydrogen) atoms. The van der Waals surface area contributed by atoms with Gasteiger partial charge in [-0.25, -0.2) is 9.78 Å². The summed E-state index contributed by atoms with van der Waals surface area (Å²) in [6.07, 6.45) is 2.36. The highest BCUT2D eigenvalue weighted by Crippen LogP contribution is 2.33. The molecule has 1 atom stereocenters. The van der Waals surface area contributed by atoms with Crippen LogP contribution in [-0.2, 0) is 4.74 Å². The number of hydrogen-bond acceptors (Lipinski definition) is 5. The summed E-state index contributed by atoms with van der Waals surface area (Å²) in [5.74, 6) is 1.67. The highest BCUT2D eigenvalue weighted by Gasteiger charge is 2.41. The number of anilines is 1. The number of carbonyl (C=O) groups is 1. The average Bonchev–Trinajstić information content (AvgIpc) is 2.71. The maximum absolute atomic E-state index is 11.3. The minimum absolute atomic E-state index is 0.297. The zero-order chi connectivity index (χ0) is 14.9. The molecule has 3 heterocycles. The zero-order valence-corrected chi connectivity index (χ0v) is 12.5. The third kappa shape index (κ3) is 2.75.